The summed E-state index contributed by atoms with van der Waals surface area (Å²) in [5.74, 6) is 1.18. The third kappa shape index (κ3) is 2.84. The smallest absolute Gasteiger partial charge is 0.241 e. The van der Waals surface area contributed by atoms with E-state index in [2.05, 4.69) is 34.7 Å². The summed E-state index contributed by atoms with van der Waals surface area (Å²) in [6.07, 6.45) is 6.00. The number of carbonyl (C=O) groups is 1. The fourth-order valence-electron chi connectivity index (χ4n) is 2.82. The Balaban J connectivity index is 1.72. The standard InChI is InChI=1S/C15H22N2OS/c1-2-4-12-15(18)17(9-8-11-6-7-11)14(16-12)13-5-3-10-19-13/h3,5,10-12,14,16H,2,4,6-9H2,1H3. The molecule has 19 heavy (non-hydrogen) atoms. The number of thiophene rings is 1. The zero-order valence-corrected chi connectivity index (χ0v) is 12.3. The van der Waals surface area contributed by atoms with Gasteiger partial charge in [0.15, 0.2) is 0 Å². The second-order valence-corrected chi connectivity index (χ2v) is 6.67. The maximum absolute atomic E-state index is 12.5. The summed E-state index contributed by atoms with van der Waals surface area (Å²) in [5, 5.41) is 5.62. The van der Waals surface area contributed by atoms with Crippen molar-refractivity contribution >= 4 is 17.2 Å². The number of nitrogens with zero attached hydrogens (tertiary/aromatic N) is 1. The summed E-state index contributed by atoms with van der Waals surface area (Å²) in [6, 6.07) is 4.23. The van der Waals surface area contributed by atoms with E-state index in [0.29, 0.717) is 5.91 Å². The Morgan fingerprint density at radius 3 is 2.89 bits per heavy atom. The van der Waals surface area contributed by atoms with Crippen molar-refractivity contribution in [1.82, 2.24) is 10.2 Å². The summed E-state index contributed by atoms with van der Waals surface area (Å²) in [6.45, 7) is 3.06. The molecule has 1 aromatic rings. The van der Waals surface area contributed by atoms with Crippen LogP contribution in [0.3, 0.4) is 0 Å². The van der Waals surface area contributed by atoms with Crippen molar-refractivity contribution in [3.63, 3.8) is 0 Å². The lowest BCUT2D eigenvalue weighted by molar-refractivity contribution is -0.130. The Kier molecular flexibility index (Phi) is 3.89. The van der Waals surface area contributed by atoms with Gasteiger partial charge >= 0.3 is 0 Å². The average molecular weight is 278 g/mol. The van der Waals surface area contributed by atoms with E-state index in [-0.39, 0.29) is 12.2 Å². The average Bonchev–Trinajstić information content (AvgIpc) is 2.97. The van der Waals surface area contributed by atoms with Crippen LogP contribution in [0, 0.1) is 5.92 Å². The first kappa shape index (κ1) is 13.1. The van der Waals surface area contributed by atoms with Crippen LogP contribution in [0.2, 0.25) is 0 Å². The molecule has 1 aliphatic carbocycles. The number of rotatable bonds is 6. The lowest BCUT2D eigenvalue weighted by Crippen LogP contribution is -2.32. The first-order valence-electron chi connectivity index (χ1n) is 7.39. The number of carbonyl (C=O) groups excluding carboxylic acids is 1. The molecule has 104 valence electrons. The summed E-state index contributed by atoms with van der Waals surface area (Å²) in [5.41, 5.74) is 0. The van der Waals surface area contributed by atoms with Crippen LogP contribution in [0.15, 0.2) is 17.5 Å². The third-order valence-electron chi connectivity index (χ3n) is 4.12. The van der Waals surface area contributed by atoms with Gasteiger partial charge in [0, 0.05) is 11.4 Å². The third-order valence-corrected chi connectivity index (χ3v) is 5.04. The second kappa shape index (κ2) is 5.63. The Bertz CT molecular complexity index is 427. The first-order chi connectivity index (χ1) is 9.29. The molecule has 2 aliphatic rings. The molecule has 0 spiro atoms. The number of hydrogen-bond donors (Lipinski definition) is 1. The molecule has 2 unspecified atom stereocenters. The molecule has 3 nitrogen and oxygen atoms in total. The van der Waals surface area contributed by atoms with Gasteiger partial charge in [-0.1, -0.05) is 32.3 Å². The highest BCUT2D eigenvalue weighted by Crippen LogP contribution is 2.35. The van der Waals surface area contributed by atoms with Crippen LogP contribution in [0.1, 0.15) is 50.1 Å². The van der Waals surface area contributed by atoms with Crippen LogP contribution in [0.5, 0.6) is 0 Å². The van der Waals surface area contributed by atoms with Crippen molar-refractivity contribution in [3.8, 4) is 0 Å². The van der Waals surface area contributed by atoms with Crippen molar-refractivity contribution < 1.29 is 4.79 Å². The topological polar surface area (TPSA) is 32.3 Å². The zero-order chi connectivity index (χ0) is 13.2. The van der Waals surface area contributed by atoms with Crippen LogP contribution in [-0.2, 0) is 4.79 Å². The molecule has 2 heterocycles. The van der Waals surface area contributed by atoms with Gasteiger partial charge in [0.25, 0.3) is 0 Å². The van der Waals surface area contributed by atoms with E-state index in [1.807, 2.05) is 0 Å². The minimum Gasteiger partial charge on any atom is -0.321 e. The maximum Gasteiger partial charge on any atom is 0.241 e. The Labute approximate surface area is 119 Å². The Hall–Kier alpha value is -0.870. The SMILES string of the molecule is CCCC1NC(c2cccs2)N(CCC2CC2)C1=O. The Morgan fingerprint density at radius 2 is 2.26 bits per heavy atom. The highest BCUT2D eigenvalue weighted by molar-refractivity contribution is 7.10. The van der Waals surface area contributed by atoms with E-state index in [1.54, 1.807) is 11.3 Å². The highest BCUT2D eigenvalue weighted by Gasteiger charge is 2.39. The molecule has 1 saturated carbocycles. The summed E-state index contributed by atoms with van der Waals surface area (Å²) in [4.78, 5) is 15.8. The van der Waals surface area contributed by atoms with Crippen LogP contribution in [0.4, 0.5) is 0 Å². The van der Waals surface area contributed by atoms with Crippen LogP contribution in [-0.4, -0.2) is 23.4 Å². The van der Waals surface area contributed by atoms with Crippen molar-refractivity contribution in [1.29, 1.82) is 0 Å². The molecular formula is C15H22N2OS. The number of nitrogens with one attached hydrogen (secondary N) is 1. The van der Waals surface area contributed by atoms with Crippen molar-refractivity contribution in [2.75, 3.05) is 6.54 Å². The quantitative estimate of drug-likeness (QED) is 0.867. The lowest BCUT2D eigenvalue weighted by atomic mass is 10.1. The molecule has 0 aromatic carbocycles. The van der Waals surface area contributed by atoms with Gasteiger partial charge in [-0.2, -0.15) is 0 Å². The van der Waals surface area contributed by atoms with E-state index in [0.717, 1.165) is 25.3 Å². The van der Waals surface area contributed by atoms with Gasteiger partial charge in [-0.3, -0.25) is 10.1 Å². The fraction of sp³-hybridized carbons (Fsp3) is 0.667. The largest absolute Gasteiger partial charge is 0.321 e. The molecule has 3 rings (SSSR count). The van der Waals surface area contributed by atoms with E-state index < -0.39 is 0 Å². The predicted octanol–water partition coefficient (Wildman–Crippen LogP) is 3.15. The zero-order valence-electron chi connectivity index (χ0n) is 11.5. The van der Waals surface area contributed by atoms with Gasteiger partial charge in [0.2, 0.25) is 5.91 Å². The van der Waals surface area contributed by atoms with E-state index in [9.17, 15) is 4.79 Å². The van der Waals surface area contributed by atoms with Crippen LogP contribution < -0.4 is 5.32 Å². The van der Waals surface area contributed by atoms with Gasteiger partial charge in [-0.15, -0.1) is 11.3 Å². The summed E-state index contributed by atoms with van der Waals surface area (Å²) in [7, 11) is 0. The second-order valence-electron chi connectivity index (χ2n) is 5.69. The number of hydrogen-bond acceptors (Lipinski definition) is 3. The number of amides is 1. The Morgan fingerprint density at radius 1 is 1.42 bits per heavy atom. The van der Waals surface area contributed by atoms with Crippen LogP contribution in [0.25, 0.3) is 0 Å². The van der Waals surface area contributed by atoms with Crippen molar-refractivity contribution in [2.45, 2.75) is 51.2 Å². The van der Waals surface area contributed by atoms with Gasteiger partial charge < -0.3 is 4.90 Å². The summed E-state index contributed by atoms with van der Waals surface area (Å²) < 4.78 is 0. The summed E-state index contributed by atoms with van der Waals surface area (Å²) >= 11 is 1.74. The maximum atomic E-state index is 12.5. The van der Waals surface area contributed by atoms with Gasteiger partial charge in [0.05, 0.1) is 6.04 Å². The highest BCUT2D eigenvalue weighted by atomic mass is 32.1. The molecule has 1 saturated heterocycles. The fourth-order valence-corrected chi connectivity index (χ4v) is 3.62. The van der Waals surface area contributed by atoms with E-state index in [4.69, 9.17) is 0 Å². The molecule has 4 heteroatoms. The van der Waals surface area contributed by atoms with Gasteiger partial charge in [-0.05, 0) is 30.2 Å². The van der Waals surface area contributed by atoms with Gasteiger partial charge in [-0.25, -0.2) is 0 Å². The lowest BCUT2D eigenvalue weighted by Gasteiger charge is -2.23. The molecule has 1 amide bonds. The first-order valence-corrected chi connectivity index (χ1v) is 8.27. The minimum absolute atomic E-state index is 0.0244. The molecule has 0 radical (unpaired) electrons. The van der Waals surface area contributed by atoms with E-state index >= 15 is 0 Å². The van der Waals surface area contributed by atoms with Gasteiger partial charge in [0.1, 0.15) is 6.17 Å². The molecule has 1 aliphatic heterocycles. The van der Waals surface area contributed by atoms with Crippen molar-refractivity contribution in [3.05, 3.63) is 22.4 Å². The molecule has 1 aromatic heterocycles. The molecule has 0 bridgehead atoms. The molecule has 2 atom stereocenters. The molecule has 1 N–H and O–H groups in total. The van der Waals surface area contributed by atoms with E-state index in [1.165, 1.54) is 24.1 Å². The van der Waals surface area contributed by atoms with Crippen molar-refractivity contribution in [2.24, 2.45) is 5.92 Å². The molecular weight excluding hydrogens is 256 g/mol. The normalized spacial score (nSPS) is 27.2. The minimum atomic E-state index is 0.0244. The molecule has 2 fully saturated rings. The predicted molar refractivity (Wildman–Crippen MR) is 77.9 cm³/mol. The van der Waals surface area contributed by atoms with Crippen LogP contribution >= 0.6 is 11.3 Å². The monoisotopic (exact) mass is 278 g/mol.